The van der Waals surface area contributed by atoms with Crippen LogP contribution in [0.15, 0.2) is 64.7 Å². The minimum Gasteiger partial charge on any atom is -0.483 e. The third-order valence-corrected chi connectivity index (χ3v) is 7.17. The van der Waals surface area contributed by atoms with Crippen LogP contribution in [0, 0.1) is 5.92 Å². The van der Waals surface area contributed by atoms with Crippen LogP contribution in [-0.2, 0) is 19.1 Å². The fraction of sp³-hybridized carbons (Fsp3) is 0.452. The van der Waals surface area contributed by atoms with E-state index in [4.69, 9.17) is 19.4 Å². The molecule has 2 fully saturated rings. The van der Waals surface area contributed by atoms with Crippen LogP contribution in [0.1, 0.15) is 76.3 Å². The zero-order valence-corrected chi connectivity index (χ0v) is 23.3. The Morgan fingerprint density at radius 2 is 1.69 bits per heavy atom. The molecule has 2 bridgehead atoms. The lowest BCUT2D eigenvalue weighted by Crippen LogP contribution is -2.37. The smallest absolute Gasteiger partial charge is 0.290 e. The molecule has 39 heavy (non-hydrogen) atoms. The molecule has 1 aromatic rings. The van der Waals surface area contributed by atoms with Gasteiger partial charge in [0.05, 0.1) is 6.42 Å². The number of benzene rings is 1. The molecule has 8 nitrogen and oxygen atoms in total. The van der Waals surface area contributed by atoms with E-state index in [1.54, 1.807) is 0 Å². The van der Waals surface area contributed by atoms with Crippen molar-refractivity contribution in [1.29, 1.82) is 0 Å². The summed E-state index contributed by atoms with van der Waals surface area (Å²) in [7, 11) is 1.97. The number of hydrogen-bond donors (Lipinski definition) is 2. The van der Waals surface area contributed by atoms with Crippen molar-refractivity contribution in [2.75, 3.05) is 13.8 Å². The van der Waals surface area contributed by atoms with E-state index in [9.17, 15) is 4.79 Å². The highest BCUT2D eigenvalue weighted by molar-refractivity contribution is 5.89. The van der Waals surface area contributed by atoms with E-state index in [0.717, 1.165) is 65.0 Å². The first-order valence-electron chi connectivity index (χ1n) is 13.9. The number of rotatable bonds is 6. The Morgan fingerprint density at radius 3 is 2.31 bits per heavy atom. The van der Waals surface area contributed by atoms with Crippen LogP contribution in [0.4, 0.5) is 0 Å². The first-order valence-corrected chi connectivity index (χ1v) is 13.9. The van der Waals surface area contributed by atoms with Gasteiger partial charge in [0.2, 0.25) is 6.79 Å². The molecule has 2 heterocycles. The van der Waals surface area contributed by atoms with Crippen LogP contribution in [0.5, 0.6) is 0 Å². The molecule has 1 saturated heterocycles. The molecule has 8 heteroatoms. The SMILES string of the molecule is CC.CN1N=CCC1N/C(=C(\C=O)C1CCCCCC1)c1ccc(C2=CC=C3CC(=C2)OCO3)cc1.O=CO. The number of carboxylic acid groups (broad SMARTS) is 1. The van der Waals surface area contributed by atoms with Crippen molar-refractivity contribution in [3.05, 3.63) is 70.7 Å². The van der Waals surface area contributed by atoms with Crippen LogP contribution in [-0.4, -0.2) is 49.1 Å². The summed E-state index contributed by atoms with van der Waals surface area (Å²) in [6, 6.07) is 8.49. The van der Waals surface area contributed by atoms with E-state index in [1.807, 2.05) is 38.2 Å². The highest BCUT2D eigenvalue weighted by Crippen LogP contribution is 2.33. The molecule has 0 amide bonds. The average molecular weight is 536 g/mol. The van der Waals surface area contributed by atoms with Gasteiger partial charge in [-0.3, -0.25) is 14.6 Å². The summed E-state index contributed by atoms with van der Waals surface area (Å²) in [4.78, 5) is 20.8. The Balaban J connectivity index is 0.000000787. The maximum atomic E-state index is 12.5. The zero-order valence-electron chi connectivity index (χ0n) is 23.3. The molecule has 1 saturated carbocycles. The van der Waals surface area contributed by atoms with Gasteiger partial charge in [-0.2, -0.15) is 5.10 Å². The number of allylic oxidation sites excluding steroid dienone is 5. The predicted molar refractivity (Wildman–Crippen MR) is 154 cm³/mol. The summed E-state index contributed by atoms with van der Waals surface area (Å²) >= 11 is 0. The first kappa shape index (κ1) is 29.7. The predicted octanol–water partition coefficient (Wildman–Crippen LogP) is 6.09. The molecule has 2 N–H and O–H groups in total. The van der Waals surface area contributed by atoms with Crippen molar-refractivity contribution in [3.63, 3.8) is 0 Å². The van der Waals surface area contributed by atoms with Gasteiger partial charge in [-0.25, -0.2) is 0 Å². The third kappa shape index (κ3) is 8.09. The number of nitrogens with zero attached hydrogens (tertiary/aromatic N) is 2. The van der Waals surface area contributed by atoms with Crippen LogP contribution in [0.2, 0.25) is 0 Å². The van der Waals surface area contributed by atoms with Crippen molar-refractivity contribution in [1.82, 2.24) is 10.3 Å². The molecule has 1 atom stereocenters. The Morgan fingerprint density at radius 1 is 1.03 bits per heavy atom. The van der Waals surface area contributed by atoms with E-state index in [2.05, 4.69) is 46.8 Å². The summed E-state index contributed by atoms with van der Waals surface area (Å²) in [6.45, 7) is 4.02. The van der Waals surface area contributed by atoms with Gasteiger partial charge in [-0.1, -0.05) is 69.9 Å². The molecule has 1 aromatic carbocycles. The average Bonchev–Trinajstić information content (AvgIpc) is 3.13. The molecule has 4 aliphatic rings. The van der Waals surface area contributed by atoms with E-state index in [1.165, 1.54) is 25.7 Å². The minimum absolute atomic E-state index is 0.0489. The number of hydrogen-bond acceptors (Lipinski definition) is 7. The summed E-state index contributed by atoms with van der Waals surface area (Å²) in [5, 5.41) is 16.9. The standard InChI is InChI=1S/C28H33N3O3.C2H6.CH2O2/c1-31-27(14-15-29-31)30-28(26(18-32)21-6-4-2-3-5-7-21)22-10-8-20(9-11-22)23-12-13-24-17-25(16-23)34-19-33-24;1-2;2-1-3/h8-13,15-16,18,21,27,30H,2-7,14,17,19H2,1H3;1-2H3;1H,(H,2,3)/b28-26+;;. The van der Waals surface area contributed by atoms with Crippen molar-refractivity contribution < 1.29 is 24.2 Å². The highest BCUT2D eigenvalue weighted by Gasteiger charge is 2.25. The molecular formula is C31H41N3O5. The second-order valence-corrected chi connectivity index (χ2v) is 9.54. The zero-order chi connectivity index (χ0) is 28.0. The molecule has 2 aliphatic carbocycles. The summed E-state index contributed by atoms with van der Waals surface area (Å²) < 4.78 is 11.2. The van der Waals surface area contributed by atoms with Crippen molar-refractivity contribution in [3.8, 4) is 0 Å². The number of ether oxygens (including phenoxy) is 2. The van der Waals surface area contributed by atoms with Crippen molar-refractivity contribution >= 4 is 30.2 Å². The van der Waals surface area contributed by atoms with Crippen LogP contribution in [0.3, 0.4) is 0 Å². The number of nitrogens with one attached hydrogen (secondary N) is 1. The Hall–Kier alpha value is -3.81. The normalized spacial score (nSPS) is 20.8. The quantitative estimate of drug-likeness (QED) is 0.258. The molecule has 0 radical (unpaired) electrons. The van der Waals surface area contributed by atoms with Crippen LogP contribution >= 0.6 is 0 Å². The molecule has 2 aliphatic heterocycles. The second kappa shape index (κ2) is 15.6. The molecular weight excluding hydrogens is 494 g/mol. The largest absolute Gasteiger partial charge is 0.483 e. The van der Waals surface area contributed by atoms with E-state index < -0.39 is 0 Å². The van der Waals surface area contributed by atoms with Crippen LogP contribution in [0.25, 0.3) is 11.3 Å². The molecule has 1 unspecified atom stereocenters. The first-order chi connectivity index (χ1) is 19.1. The minimum atomic E-state index is -0.250. The maximum absolute atomic E-state index is 12.5. The van der Waals surface area contributed by atoms with Gasteiger partial charge in [0.25, 0.3) is 6.47 Å². The lowest BCUT2D eigenvalue weighted by Gasteiger charge is -2.27. The fourth-order valence-corrected chi connectivity index (χ4v) is 5.18. The summed E-state index contributed by atoms with van der Waals surface area (Å²) in [6.07, 6.45) is 17.8. The number of carbonyl (C=O) groups is 2. The summed E-state index contributed by atoms with van der Waals surface area (Å²) in [5.74, 6) is 2.15. The van der Waals surface area contributed by atoms with E-state index in [0.29, 0.717) is 12.3 Å². The van der Waals surface area contributed by atoms with Gasteiger partial charge >= 0.3 is 0 Å². The van der Waals surface area contributed by atoms with Crippen molar-refractivity contribution in [2.45, 2.75) is 71.4 Å². The lowest BCUT2D eigenvalue weighted by atomic mass is 9.88. The summed E-state index contributed by atoms with van der Waals surface area (Å²) in [5.41, 5.74) is 5.07. The topological polar surface area (TPSA) is 100 Å². The van der Waals surface area contributed by atoms with Gasteiger partial charge in [0.15, 0.2) is 0 Å². The Labute approximate surface area is 231 Å². The van der Waals surface area contributed by atoms with Crippen molar-refractivity contribution in [2.24, 2.45) is 11.0 Å². The third-order valence-electron chi connectivity index (χ3n) is 7.17. The number of fused-ring (bicyclic) bond motifs is 2. The Bertz CT molecular complexity index is 1110. The molecule has 5 rings (SSSR count). The lowest BCUT2D eigenvalue weighted by molar-refractivity contribution is -0.122. The van der Waals surface area contributed by atoms with Crippen LogP contribution < -0.4 is 5.32 Å². The van der Waals surface area contributed by atoms with Gasteiger partial charge in [0.1, 0.15) is 24.0 Å². The molecule has 210 valence electrons. The maximum Gasteiger partial charge on any atom is 0.290 e. The fourth-order valence-electron chi connectivity index (χ4n) is 5.18. The number of hydrazone groups is 1. The Kier molecular flexibility index (Phi) is 11.9. The monoisotopic (exact) mass is 535 g/mol. The van der Waals surface area contributed by atoms with Gasteiger partial charge < -0.3 is 19.9 Å². The van der Waals surface area contributed by atoms with Gasteiger partial charge in [-0.05, 0) is 47.6 Å². The van der Waals surface area contributed by atoms with E-state index >= 15 is 0 Å². The molecule has 0 aromatic heterocycles. The van der Waals surface area contributed by atoms with Gasteiger partial charge in [0, 0.05) is 31.0 Å². The van der Waals surface area contributed by atoms with E-state index in [-0.39, 0.29) is 19.4 Å². The number of aldehydes is 1. The molecule has 0 spiro atoms. The van der Waals surface area contributed by atoms with Gasteiger partial charge in [-0.15, -0.1) is 0 Å². The number of carbonyl (C=O) groups excluding carboxylic acids is 1. The second-order valence-electron chi connectivity index (χ2n) is 9.54. The highest BCUT2D eigenvalue weighted by atomic mass is 16.7.